The van der Waals surface area contributed by atoms with Gasteiger partial charge in [0.05, 0.1) is 13.7 Å². The maximum atomic E-state index is 5.93. The fraction of sp³-hybridized carbons (Fsp3) is 0.412. The van der Waals surface area contributed by atoms with Crippen LogP contribution in [0.4, 0.5) is 5.82 Å². The molecule has 0 unspecified atom stereocenters. The van der Waals surface area contributed by atoms with Crippen LogP contribution in [-0.2, 0) is 12.8 Å². The molecule has 3 rings (SSSR count). The van der Waals surface area contributed by atoms with E-state index in [0.717, 1.165) is 35.9 Å². The van der Waals surface area contributed by atoms with Crippen molar-refractivity contribution in [2.45, 2.75) is 12.8 Å². The van der Waals surface area contributed by atoms with Gasteiger partial charge in [-0.3, -0.25) is 0 Å². The molecule has 0 amide bonds. The molecule has 0 N–H and O–H groups in total. The van der Waals surface area contributed by atoms with Gasteiger partial charge < -0.3 is 14.4 Å². The first-order valence-electron chi connectivity index (χ1n) is 7.44. The Kier molecular flexibility index (Phi) is 4.13. The number of rotatable bonds is 4. The smallest absolute Gasteiger partial charge is 0.164 e. The molecule has 22 heavy (non-hydrogen) atoms. The van der Waals surface area contributed by atoms with Crippen LogP contribution in [-0.4, -0.2) is 37.8 Å². The maximum Gasteiger partial charge on any atom is 0.164 e. The number of fused-ring (bicyclic) bond motifs is 1. The van der Waals surface area contributed by atoms with Crippen molar-refractivity contribution in [2.24, 2.45) is 5.92 Å². The summed E-state index contributed by atoms with van der Waals surface area (Å²) in [4.78, 5) is 10.6. The Hall–Kier alpha value is -2.30. The predicted molar refractivity (Wildman–Crippen MR) is 85.7 cm³/mol. The van der Waals surface area contributed by atoms with Gasteiger partial charge >= 0.3 is 0 Å². The Bertz CT molecular complexity index is 658. The molecule has 1 aliphatic rings. The van der Waals surface area contributed by atoms with Crippen LogP contribution in [0.3, 0.4) is 0 Å². The van der Waals surface area contributed by atoms with Gasteiger partial charge in [-0.25, -0.2) is 9.97 Å². The van der Waals surface area contributed by atoms with Gasteiger partial charge in [0.15, 0.2) is 11.5 Å². The van der Waals surface area contributed by atoms with Crippen molar-refractivity contribution in [3.05, 3.63) is 41.9 Å². The van der Waals surface area contributed by atoms with Crippen molar-refractivity contribution in [3.63, 3.8) is 0 Å². The monoisotopic (exact) mass is 299 g/mol. The van der Waals surface area contributed by atoms with Crippen LogP contribution >= 0.6 is 0 Å². The van der Waals surface area contributed by atoms with Gasteiger partial charge in [-0.15, -0.1) is 0 Å². The van der Waals surface area contributed by atoms with E-state index >= 15 is 0 Å². The van der Waals surface area contributed by atoms with E-state index in [9.17, 15) is 0 Å². The van der Waals surface area contributed by atoms with E-state index in [1.807, 2.05) is 37.2 Å². The Morgan fingerprint density at radius 1 is 1.32 bits per heavy atom. The molecule has 5 nitrogen and oxygen atoms in total. The topological polar surface area (TPSA) is 47.5 Å². The molecule has 0 saturated heterocycles. The van der Waals surface area contributed by atoms with Crippen molar-refractivity contribution >= 4 is 5.82 Å². The van der Waals surface area contributed by atoms with Crippen LogP contribution in [0.2, 0.25) is 0 Å². The minimum atomic E-state index is 0.421. The number of hydrogen-bond donors (Lipinski definition) is 0. The molecule has 2 heterocycles. The third-order valence-electron chi connectivity index (χ3n) is 3.92. The first-order valence-corrected chi connectivity index (χ1v) is 7.44. The Morgan fingerprint density at radius 2 is 2.18 bits per heavy atom. The zero-order valence-corrected chi connectivity index (χ0v) is 13.2. The number of anilines is 1. The summed E-state index contributed by atoms with van der Waals surface area (Å²) in [6.07, 6.45) is 3.50. The number of ether oxygens (including phenoxy) is 2. The molecule has 0 fully saturated rings. The van der Waals surface area contributed by atoms with Crippen molar-refractivity contribution in [1.82, 2.24) is 9.97 Å². The molecule has 1 aromatic carbocycles. The van der Waals surface area contributed by atoms with E-state index in [1.54, 1.807) is 13.4 Å². The highest BCUT2D eigenvalue weighted by Crippen LogP contribution is 2.36. The zero-order chi connectivity index (χ0) is 15.5. The van der Waals surface area contributed by atoms with E-state index in [2.05, 4.69) is 16.0 Å². The van der Waals surface area contributed by atoms with Gasteiger partial charge in [0.25, 0.3) is 0 Å². The lowest BCUT2D eigenvalue weighted by atomic mass is 9.92. The van der Waals surface area contributed by atoms with E-state index in [0.29, 0.717) is 12.5 Å². The number of aromatic nitrogens is 2. The summed E-state index contributed by atoms with van der Waals surface area (Å²) in [5.74, 6) is 3.05. The lowest BCUT2D eigenvalue weighted by Gasteiger charge is -2.26. The van der Waals surface area contributed by atoms with Gasteiger partial charge in [-0.2, -0.15) is 0 Å². The number of para-hydroxylation sites is 1. The van der Waals surface area contributed by atoms with Gasteiger partial charge in [-0.1, -0.05) is 12.1 Å². The molecular weight excluding hydrogens is 278 g/mol. The minimum Gasteiger partial charge on any atom is -0.493 e. The largest absolute Gasteiger partial charge is 0.493 e. The van der Waals surface area contributed by atoms with Crippen molar-refractivity contribution in [3.8, 4) is 11.5 Å². The third kappa shape index (κ3) is 2.98. The average Bonchev–Trinajstić information content (AvgIpc) is 2.54. The molecular formula is C17H21N3O2. The molecule has 1 aromatic heterocycles. The average molecular weight is 299 g/mol. The normalized spacial score (nSPS) is 16.6. The SMILES string of the molecule is COc1cccc2c1OC[C@@H](Cc1cc(N(C)C)ncn1)C2. The minimum absolute atomic E-state index is 0.421. The van der Waals surface area contributed by atoms with Crippen LogP contribution in [0, 0.1) is 5.92 Å². The van der Waals surface area contributed by atoms with Crippen LogP contribution in [0.25, 0.3) is 0 Å². The summed E-state index contributed by atoms with van der Waals surface area (Å²) in [5, 5.41) is 0. The molecule has 5 heteroatoms. The summed E-state index contributed by atoms with van der Waals surface area (Å²) in [6, 6.07) is 8.10. The van der Waals surface area contributed by atoms with Crippen LogP contribution in [0.1, 0.15) is 11.3 Å². The van der Waals surface area contributed by atoms with E-state index in [1.165, 1.54) is 5.56 Å². The fourth-order valence-corrected chi connectivity index (χ4v) is 2.79. The van der Waals surface area contributed by atoms with E-state index < -0.39 is 0 Å². The zero-order valence-electron chi connectivity index (χ0n) is 13.2. The van der Waals surface area contributed by atoms with Gasteiger partial charge in [0.2, 0.25) is 0 Å². The molecule has 1 atom stereocenters. The second-order valence-corrected chi connectivity index (χ2v) is 5.80. The van der Waals surface area contributed by atoms with Crippen LogP contribution < -0.4 is 14.4 Å². The molecule has 0 bridgehead atoms. The molecule has 0 aliphatic carbocycles. The quantitative estimate of drug-likeness (QED) is 0.867. The first-order chi connectivity index (χ1) is 10.7. The molecule has 1 aliphatic heterocycles. The Morgan fingerprint density at radius 3 is 2.95 bits per heavy atom. The molecule has 0 saturated carbocycles. The number of methoxy groups -OCH3 is 1. The summed E-state index contributed by atoms with van der Waals surface area (Å²) in [6.45, 7) is 0.689. The second kappa shape index (κ2) is 6.22. The lowest BCUT2D eigenvalue weighted by molar-refractivity contribution is 0.210. The van der Waals surface area contributed by atoms with Crippen LogP contribution in [0.15, 0.2) is 30.6 Å². The lowest BCUT2D eigenvalue weighted by Crippen LogP contribution is -2.23. The van der Waals surface area contributed by atoms with E-state index in [-0.39, 0.29) is 0 Å². The number of benzene rings is 1. The van der Waals surface area contributed by atoms with Gasteiger partial charge in [0, 0.05) is 31.8 Å². The highest BCUT2D eigenvalue weighted by atomic mass is 16.5. The molecule has 0 spiro atoms. The summed E-state index contributed by atoms with van der Waals surface area (Å²) in [7, 11) is 5.64. The maximum absolute atomic E-state index is 5.93. The van der Waals surface area contributed by atoms with Crippen molar-refractivity contribution in [1.29, 1.82) is 0 Å². The Balaban J connectivity index is 1.74. The number of hydrogen-bond acceptors (Lipinski definition) is 5. The summed E-state index contributed by atoms with van der Waals surface area (Å²) >= 11 is 0. The fourth-order valence-electron chi connectivity index (χ4n) is 2.79. The van der Waals surface area contributed by atoms with Crippen molar-refractivity contribution < 1.29 is 9.47 Å². The summed E-state index contributed by atoms with van der Waals surface area (Å²) in [5.41, 5.74) is 2.26. The van der Waals surface area contributed by atoms with Gasteiger partial charge in [-0.05, 0) is 24.5 Å². The molecule has 0 radical (unpaired) electrons. The second-order valence-electron chi connectivity index (χ2n) is 5.80. The van der Waals surface area contributed by atoms with Crippen LogP contribution in [0.5, 0.6) is 11.5 Å². The van der Waals surface area contributed by atoms with Crippen molar-refractivity contribution in [2.75, 3.05) is 32.7 Å². The predicted octanol–water partition coefficient (Wildman–Crippen LogP) is 2.34. The third-order valence-corrected chi connectivity index (χ3v) is 3.92. The highest BCUT2D eigenvalue weighted by molar-refractivity contribution is 5.48. The number of nitrogens with zero attached hydrogens (tertiary/aromatic N) is 3. The van der Waals surface area contributed by atoms with Gasteiger partial charge in [0.1, 0.15) is 12.1 Å². The van der Waals surface area contributed by atoms with E-state index in [4.69, 9.17) is 9.47 Å². The molecule has 116 valence electrons. The first kappa shape index (κ1) is 14.6. The highest BCUT2D eigenvalue weighted by Gasteiger charge is 2.23. The standard InChI is InChI=1S/C17H21N3O2/c1-20(2)16-9-14(18-11-19-16)8-12-7-13-5-4-6-15(21-3)17(13)22-10-12/h4-6,9,11-12H,7-8,10H2,1-3H3/t12-/m1/s1. The molecule has 2 aromatic rings. The summed E-state index contributed by atoms with van der Waals surface area (Å²) < 4.78 is 11.3. The Labute approximate surface area is 130 Å².